The number of carboxylic acids is 1. The van der Waals surface area contributed by atoms with Crippen molar-refractivity contribution in [2.24, 2.45) is 0 Å². The van der Waals surface area contributed by atoms with Crippen molar-refractivity contribution >= 4 is 21.9 Å². The van der Waals surface area contributed by atoms with Crippen molar-refractivity contribution in [3.05, 3.63) is 11.2 Å². The van der Waals surface area contributed by atoms with E-state index < -0.39 is 12.0 Å². The Morgan fingerprint density at radius 2 is 2.33 bits per heavy atom. The van der Waals surface area contributed by atoms with Crippen molar-refractivity contribution in [3.63, 3.8) is 0 Å². The van der Waals surface area contributed by atoms with Gasteiger partial charge in [0, 0.05) is 0 Å². The highest BCUT2D eigenvalue weighted by atomic mass is 79.9. The Labute approximate surface area is 61.9 Å². The molecule has 0 aromatic heterocycles. The maximum atomic E-state index is 10.1. The second-order valence-electron chi connectivity index (χ2n) is 1.61. The van der Waals surface area contributed by atoms with E-state index in [1.807, 2.05) is 0 Å². The fraction of sp³-hybridized carbons (Fsp3) is 0.400. The normalized spacial score (nSPS) is 12.2. The summed E-state index contributed by atoms with van der Waals surface area (Å²) in [6.45, 7) is 4.96. The second kappa shape index (κ2) is 3.50. The highest BCUT2D eigenvalue weighted by Gasteiger charge is 2.08. The fourth-order valence-electron chi connectivity index (χ4n) is 0.297. The highest BCUT2D eigenvalue weighted by Crippen LogP contribution is 1.96. The van der Waals surface area contributed by atoms with E-state index in [2.05, 4.69) is 27.8 Å². The molecule has 0 aromatic rings. The van der Waals surface area contributed by atoms with Crippen LogP contribution in [0.15, 0.2) is 11.2 Å². The Bertz CT molecular complexity index is 135. The van der Waals surface area contributed by atoms with E-state index in [0.717, 1.165) is 0 Å². The van der Waals surface area contributed by atoms with Crippen LogP contribution < -0.4 is 5.32 Å². The molecule has 0 aliphatic rings. The van der Waals surface area contributed by atoms with E-state index in [9.17, 15) is 4.79 Å². The second-order valence-corrected chi connectivity index (χ2v) is 2.57. The molecule has 0 aromatic carbocycles. The Hall–Kier alpha value is -0.510. The Balaban J connectivity index is 3.63. The monoisotopic (exact) mass is 193 g/mol. The summed E-state index contributed by atoms with van der Waals surface area (Å²) in [7, 11) is 0. The summed E-state index contributed by atoms with van der Waals surface area (Å²) < 4.78 is 0.484. The number of nitrogens with one attached hydrogen (secondary N) is 1. The molecule has 0 amide bonds. The van der Waals surface area contributed by atoms with Crippen molar-refractivity contribution in [2.45, 2.75) is 13.0 Å². The molecule has 9 heavy (non-hydrogen) atoms. The lowest BCUT2D eigenvalue weighted by Crippen LogP contribution is -2.31. The molecule has 52 valence electrons. The summed E-state index contributed by atoms with van der Waals surface area (Å²) in [5, 5.41) is 10.9. The maximum absolute atomic E-state index is 10.1. The molecule has 0 spiro atoms. The van der Waals surface area contributed by atoms with E-state index in [-0.39, 0.29) is 0 Å². The van der Waals surface area contributed by atoms with E-state index in [4.69, 9.17) is 5.11 Å². The van der Waals surface area contributed by atoms with Gasteiger partial charge in [0.2, 0.25) is 0 Å². The molecule has 0 unspecified atom stereocenters. The van der Waals surface area contributed by atoms with Crippen molar-refractivity contribution in [2.75, 3.05) is 0 Å². The summed E-state index contributed by atoms with van der Waals surface area (Å²) >= 11 is 2.97. The van der Waals surface area contributed by atoms with E-state index in [0.29, 0.717) is 4.61 Å². The molecule has 0 saturated heterocycles. The summed E-state index contributed by atoms with van der Waals surface area (Å²) in [5.74, 6) is -0.893. The summed E-state index contributed by atoms with van der Waals surface area (Å²) in [5.41, 5.74) is 0. The van der Waals surface area contributed by atoms with Gasteiger partial charge in [-0.3, -0.25) is 4.79 Å². The largest absolute Gasteiger partial charge is 0.480 e. The van der Waals surface area contributed by atoms with Crippen LogP contribution in [0.4, 0.5) is 0 Å². The molecule has 2 N–H and O–H groups in total. The Morgan fingerprint density at radius 1 is 1.89 bits per heavy atom. The molecule has 0 heterocycles. The summed E-state index contributed by atoms with van der Waals surface area (Å²) in [4.78, 5) is 10.1. The van der Waals surface area contributed by atoms with Crippen molar-refractivity contribution in [1.82, 2.24) is 5.32 Å². The highest BCUT2D eigenvalue weighted by molar-refractivity contribution is 9.11. The smallest absolute Gasteiger partial charge is 0.325 e. The molecular formula is C5H8BrNO2. The average molecular weight is 194 g/mol. The summed E-state index contributed by atoms with van der Waals surface area (Å²) in [6, 6.07) is -0.586. The first-order valence-corrected chi connectivity index (χ1v) is 3.17. The van der Waals surface area contributed by atoms with Gasteiger partial charge < -0.3 is 10.4 Å². The third-order valence-electron chi connectivity index (χ3n) is 0.744. The van der Waals surface area contributed by atoms with Crippen LogP contribution >= 0.6 is 15.9 Å². The average Bonchev–Trinajstić information content (AvgIpc) is 1.63. The van der Waals surface area contributed by atoms with Gasteiger partial charge in [-0.25, -0.2) is 0 Å². The molecule has 0 bridgehead atoms. The van der Waals surface area contributed by atoms with Gasteiger partial charge in [-0.05, 0) is 22.9 Å². The Morgan fingerprint density at radius 3 is 2.44 bits per heavy atom. The number of halogens is 1. The first-order valence-electron chi connectivity index (χ1n) is 2.37. The standard InChI is InChI=1S/C5H8BrNO2/c1-3(5(8)9)7-4(2)6/h3,7H,2H2,1H3,(H,8,9)/t3-/m1/s1. The molecule has 0 fully saturated rings. The molecule has 4 heteroatoms. The lowest BCUT2D eigenvalue weighted by Gasteiger charge is -2.06. The zero-order valence-corrected chi connectivity index (χ0v) is 6.60. The van der Waals surface area contributed by atoms with Gasteiger partial charge in [-0.2, -0.15) is 0 Å². The topological polar surface area (TPSA) is 49.3 Å². The SMILES string of the molecule is C=C(Br)N[C@H](C)C(=O)O. The molecule has 0 aliphatic carbocycles. The third-order valence-corrected chi connectivity index (χ3v) is 0.972. The minimum Gasteiger partial charge on any atom is -0.480 e. The Kier molecular flexibility index (Phi) is 3.30. The van der Waals surface area contributed by atoms with Crippen molar-refractivity contribution in [1.29, 1.82) is 0 Å². The van der Waals surface area contributed by atoms with Crippen molar-refractivity contribution in [3.8, 4) is 0 Å². The summed E-state index contributed by atoms with van der Waals surface area (Å²) in [6.07, 6.45) is 0. The first kappa shape index (κ1) is 8.49. The van der Waals surface area contributed by atoms with E-state index in [1.54, 1.807) is 0 Å². The van der Waals surface area contributed by atoms with Crippen LogP contribution in [0.25, 0.3) is 0 Å². The third kappa shape index (κ3) is 4.02. The van der Waals surface area contributed by atoms with E-state index >= 15 is 0 Å². The fourth-order valence-corrected chi connectivity index (χ4v) is 0.640. The number of hydrogen-bond acceptors (Lipinski definition) is 2. The molecule has 0 saturated carbocycles. The van der Waals surface area contributed by atoms with Gasteiger partial charge in [0.15, 0.2) is 0 Å². The molecule has 0 aliphatic heterocycles. The molecular weight excluding hydrogens is 186 g/mol. The number of hydrogen-bond donors (Lipinski definition) is 2. The molecule has 0 rings (SSSR count). The van der Waals surface area contributed by atoms with Gasteiger partial charge in [0.1, 0.15) is 6.04 Å². The zero-order valence-electron chi connectivity index (χ0n) is 5.02. The molecule has 0 radical (unpaired) electrons. The number of carbonyl (C=O) groups is 1. The van der Waals surface area contributed by atoms with Crippen LogP contribution in [0, 0.1) is 0 Å². The van der Waals surface area contributed by atoms with Crippen LogP contribution in [-0.4, -0.2) is 17.1 Å². The quantitative estimate of drug-likeness (QED) is 0.656. The van der Waals surface area contributed by atoms with E-state index in [1.165, 1.54) is 6.92 Å². The van der Waals surface area contributed by atoms with Crippen LogP contribution in [0.2, 0.25) is 0 Å². The predicted molar refractivity (Wildman–Crippen MR) is 38.3 cm³/mol. The zero-order chi connectivity index (χ0) is 7.44. The van der Waals surface area contributed by atoms with Gasteiger partial charge >= 0.3 is 5.97 Å². The predicted octanol–water partition coefficient (Wildman–Crippen LogP) is 0.915. The van der Waals surface area contributed by atoms with Crippen LogP contribution in [0.3, 0.4) is 0 Å². The van der Waals surface area contributed by atoms with Gasteiger partial charge in [-0.15, -0.1) is 0 Å². The van der Waals surface area contributed by atoms with Gasteiger partial charge in [-0.1, -0.05) is 6.58 Å². The first-order chi connectivity index (χ1) is 4.04. The maximum Gasteiger partial charge on any atom is 0.325 e. The number of rotatable bonds is 3. The van der Waals surface area contributed by atoms with Crippen LogP contribution in [0.5, 0.6) is 0 Å². The molecule has 3 nitrogen and oxygen atoms in total. The molecule has 1 atom stereocenters. The number of aliphatic carboxylic acids is 1. The van der Waals surface area contributed by atoms with Crippen LogP contribution in [0.1, 0.15) is 6.92 Å². The van der Waals surface area contributed by atoms with Crippen molar-refractivity contribution < 1.29 is 9.90 Å². The van der Waals surface area contributed by atoms with Gasteiger partial charge in [0.05, 0.1) is 4.61 Å². The van der Waals surface area contributed by atoms with Gasteiger partial charge in [0.25, 0.3) is 0 Å². The minimum atomic E-state index is -0.893. The van der Waals surface area contributed by atoms with Crippen LogP contribution in [-0.2, 0) is 4.79 Å². The lowest BCUT2D eigenvalue weighted by atomic mass is 10.4. The number of carboxylic acid groups (broad SMARTS) is 1. The lowest BCUT2D eigenvalue weighted by molar-refractivity contribution is -0.138. The minimum absolute atomic E-state index is 0.484.